The van der Waals surface area contributed by atoms with Crippen molar-refractivity contribution in [2.45, 2.75) is 33.4 Å². The van der Waals surface area contributed by atoms with Gasteiger partial charge in [-0.15, -0.1) is 0 Å². The lowest BCUT2D eigenvalue weighted by Gasteiger charge is -2.15. The van der Waals surface area contributed by atoms with Crippen LogP contribution >= 0.6 is 0 Å². The van der Waals surface area contributed by atoms with Crippen LogP contribution in [0.3, 0.4) is 0 Å². The summed E-state index contributed by atoms with van der Waals surface area (Å²) >= 11 is 0. The van der Waals surface area contributed by atoms with Gasteiger partial charge in [-0.05, 0) is 32.4 Å². The molecule has 1 N–H and O–H groups in total. The first kappa shape index (κ1) is 13.3. The van der Waals surface area contributed by atoms with E-state index in [1.54, 1.807) is 18.6 Å². The molecule has 1 amide bonds. The highest BCUT2D eigenvalue weighted by Crippen LogP contribution is 2.13. The summed E-state index contributed by atoms with van der Waals surface area (Å²) in [6, 6.07) is 3.78. The van der Waals surface area contributed by atoms with Gasteiger partial charge in [-0.1, -0.05) is 6.07 Å². The van der Waals surface area contributed by atoms with Gasteiger partial charge in [0, 0.05) is 18.6 Å². The average molecular weight is 258 g/mol. The number of imidazole rings is 1. The molecule has 5 nitrogen and oxygen atoms in total. The van der Waals surface area contributed by atoms with Crippen LogP contribution in [0.4, 0.5) is 0 Å². The molecular formula is C14H18N4O. The molecular weight excluding hydrogens is 240 g/mol. The molecule has 0 radical (unpaired) electrons. The smallest absolute Gasteiger partial charge is 0.240 e. The molecule has 2 rings (SSSR count). The predicted octanol–water partition coefficient (Wildman–Crippen LogP) is 1.77. The van der Waals surface area contributed by atoms with E-state index < -0.39 is 0 Å². The second kappa shape index (κ2) is 5.65. The van der Waals surface area contributed by atoms with Gasteiger partial charge >= 0.3 is 0 Å². The van der Waals surface area contributed by atoms with E-state index in [1.165, 1.54) is 0 Å². The van der Waals surface area contributed by atoms with Crippen LogP contribution in [0, 0.1) is 13.8 Å². The molecule has 2 heterocycles. The fraction of sp³-hybridized carbons (Fsp3) is 0.357. The molecule has 1 atom stereocenters. The third-order valence-electron chi connectivity index (χ3n) is 3.08. The van der Waals surface area contributed by atoms with Crippen molar-refractivity contribution in [3.05, 3.63) is 47.8 Å². The molecule has 5 heteroatoms. The molecule has 0 fully saturated rings. The van der Waals surface area contributed by atoms with Crippen molar-refractivity contribution >= 4 is 5.91 Å². The number of carbonyl (C=O) groups is 1. The summed E-state index contributed by atoms with van der Waals surface area (Å²) < 4.78 is 1.81. The van der Waals surface area contributed by atoms with Gasteiger partial charge in [-0.2, -0.15) is 0 Å². The number of hydrogen-bond acceptors (Lipinski definition) is 3. The highest BCUT2D eigenvalue weighted by Gasteiger charge is 2.13. The van der Waals surface area contributed by atoms with Crippen molar-refractivity contribution in [3.63, 3.8) is 0 Å². The summed E-state index contributed by atoms with van der Waals surface area (Å²) in [5.74, 6) is 0.787. The topological polar surface area (TPSA) is 59.8 Å². The first-order valence-corrected chi connectivity index (χ1v) is 6.26. The Morgan fingerprint density at radius 1 is 1.37 bits per heavy atom. The summed E-state index contributed by atoms with van der Waals surface area (Å²) in [5, 5.41) is 2.95. The van der Waals surface area contributed by atoms with Crippen LogP contribution in [0.5, 0.6) is 0 Å². The normalized spacial score (nSPS) is 12.2. The summed E-state index contributed by atoms with van der Waals surface area (Å²) in [4.78, 5) is 20.4. The van der Waals surface area contributed by atoms with E-state index in [2.05, 4.69) is 15.3 Å². The standard InChI is InChI=1S/C14H18N4O/c1-10-5-4-6-16-14(10)11(2)17-13(19)9-18-8-7-15-12(18)3/h4-8,11H,9H2,1-3H3,(H,17,19)/t11-/m0/s1. The van der Waals surface area contributed by atoms with E-state index in [4.69, 9.17) is 0 Å². The van der Waals surface area contributed by atoms with Crippen molar-refractivity contribution in [3.8, 4) is 0 Å². The number of nitrogens with zero attached hydrogens (tertiary/aromatic N) is 3. The summed E-state index contributed by atoms with van der Waals surface area (Å²) in [7, 11) is 0. The van der Waals surface area contributed by atoms with E-state index in [0.717, 1.165) is 17.1 Å². The molecule has 0 saturated carbocycles. The number of pyridine rings is 1. The molecule has 0 aliphatic rings. The van der Waals surface area contributed by atoms with Gasteiger partial charge < -0.3 is 9.88 Å². The van der Waals surface area contributed by atoms with Crippen molar-refractivity contribution in [1.29, 1.82) is 0 Å². The number of amides is 1. The lowest BCUT2D eigenvalue weighted by Crippen LogP contribution is -2.31. The quantitative estimate of drug-likeness (QED) is 0.909. The molecule has 2 aromatic rings. The van der Waals surface area contributed by atoms with Crippen LogP contribution in [0.15, 0.2) is 30.7 Å². The minimum absolute atomic E-state index is 0.0429. The minimum atomic E-state index is -0.0995. The van der Waals surface area contributed by atoms with Crippen LogP contribution in [0.25, 0.3) is 0 Å². The molecule has 0 aliphatic carbocycles. The molecule has 0 aromatic carbocycles. The zero-order valence-corrected chi connectivity index (χ0v) is 11.4. The minimum Gasteiger partial charge on any atom is -0.346 e. The zero-order valence-electron chi connectivity index (χ0n) is 11.4. The van der Waals surface area contributed by atoms with E-state index in [9.17, 15) is 4.79 Å². The van der Waals surface area contributed by atoms with Gasteiger partial charge in [0.25, 0.3) is 0 Å². The first-order chi connectivity index (χ1) is 9.08. The van der Waals surface area contributed by atoms with Crippen LogP contribution in [-0.4, -0.2) is 20.4 Å². The zero-order chi connectivity index (χ0) is 13.8. The number of nitrogens with one attached hydrogen (secondary N) is 1. The Balaban J connectivity index is 2.00. The Bertz CT molecular complexity index is 576. The molecule has 0 saturated heterocycles. The molecule has 100 valence electrons. The Hall–Kier alpha value is -2.17. The molecule has 0 bridgehead atoms. The highest BCUT2D eigenvalue weighted by atomic mass is 16.2. The number of aromatic nitrogens is 3. The van der Waals surface area contributed by atoms with Crippen molar-refractivity contribution in [2.24, 2.45) is 0 Å². The van der Waals surface area contributed by atoms with Crippen LogP contribution in [-0.2, 0) is 11.3 Å². The molecule has 0 unspecified atom stereocenters. The van der Waals surface area contributed by atoms with Crippen molar-refractivity contribution in [2.75, 3.05) is 0 Å². The lowest BCUT2D eigenvalue weighted by molar-refractivity contribution is -0.122. The molecule has 0 aliphatic heterocycles. The summed E-state index contributed by atoms with van der Waals surface area (Å²) in [5.41, 5.74) is 1.98. The van der Waals surface area contributed by atoms with E-state index >= 15 is 0 Å². The van der Waals surface area contributed by atoms with E-state index in [0.29, 0.717) is 0 Å². The first-order valence-electron chi connectivity index (χ1n) is 6.26. The predicted molar refractivity (Wildman–Crippen MR) is 72.5 cm³/mol. The summed E-state index contributed by atoms with van der Waals surface area (Å²) in [6.45, 7) is 6.08. The maximum absolute atomic E-state index is 12.0. The van der Waals surface area contributed by atoms with Gasteiger partial charge in [0.15, 0.2) is 0 Å². The van der Waals surface area contributed by atoms with Crippen LogP contribution < -0.4 is 5.32 Å². The third-order valence-corrected chi connectivity index (χ3v) is 3.08. The Morgan fingerprint density at radius 3 is 2.79 bits per heavy atom. The SMILES string of the molecule is Cc1cccnc1[C@H](C)NC(=O)Cn1ccnc1C. The fourth-order valence-electron chi connectivity index (χ4n) is 2.03. The van der Waals surface area contributed by atoms with Gasteiger partial charge in [-0.25, -0.2) is 4.98 Å². The molecule has 0 spiro atoms. The van der Waals surface area contributed by atoms with Gasteiger partial charge in [0.1, 0.15) is 12.4 Å². The van der Waals surface area contributed by atoms with Gasteiger partial charge in [0.05, 0.1) is 11.7 Å². The molecule has 2 aromatic heterocycles. The number of carbonyl (C=O) groups excluding carboxylic acids is 1. The van der Waals surface area contributed by atoms with Gasteiger partial charge in [0.2, 0.25) is 5.91 Å². The second-order valence-corrected chi connectivity index (χ2v) is 4.60. The number of hydrogen-bond donors (Lipinski definition) is 1. The van der Waals surface area contributed by atoms with Crippen LogP contribution in [0.1, 0.15) is 30.0 Å². The number of rotatable bonds is 4. The Morgan fingerprint density at radius 2 is 2.16 bits per heavy atom. The van der Waals surface area contributed by atoms with Gasteiger partial charge in [-0.3, -0.25) is 9.78 Å². The van der Waals surface area contributed by atoms with Crippen molar-refractivity contribution < 1.29 is 4.79 Å². The second-order valence-electron chi connectivity index (χ2n) is 4.60. The van der Waals surface area contributed by atoms with Crippen LogP contribution in [0.2, 0.25) is 0 Å². The Kier molecular flexibility index (Phi) is 3.94. The largest absolute Gasteiger partial charge is 0.346 e. The lowest BCUT2D eigenvalue weighted by atomic mass is 10.1. The third kappa shape index (κ3) is 3.19. The maximum atomic E-state index is 12.0. The van der Waals surface area contributed by atoms with E-state index in [-0.39, 0.29) is 18.5 Å². The molecule has 19 heavy (non-hydrogen) atoms. The number of aryl methyl sites for hydroxylation is 2. The Labute approximate surface area is 112 Å². The monoisotopic (exact) mass is 258 g/mol. The highest BCUT2D eigenvalue weighted by molar-refractivity contribution is 5.76. The maximum Gasteiger partial charge on any atom is 0.240 e. The van der Waals surface area contributed by atoms with Crippen molar-refractivity contribution in [1.82, 2.24) is 19.9 Å². The fourth-order valence-corrected chi connectivity index (χ4v) is 2.03. The average Bonchev–Trinajstić information content (AvgIpc) is 2.75. The summed E-state index contributed by atoms with van der Waals surface area (Å²) in [6.07, 6.45) is 5.23. The van der Waals surface area contributed by atoms with E-state index in [1.807, 2.05) is 37.5 Å².